The smallest absolute Gasteiger partial charge is 0.420 e. The summed E-state index contributed by atoms with van der Waals surface area (Å²) in [5.74, 6) is 6.54. The first-order valence-corrected chi connectivity index (χ1v) is 19.5. The van der Waals surface area contributed by atoms with Crippen LogP contribution >= 0.6 is 0 Å². The van der Waals surface area contributed by atoms with Crippen molar-refractivity contribution in [3.8, 4) is 46.6 Å². The first-order valence-electron chi connectivity index (χ1n) is 19.5. The molecule has 4 aromatic rings. The van der Waals surface area contributed by atoms with Crippen LogP contribution in [0.3, 0.4) is 0 Å². The average Bonchev–Trinajstić information content (AvgIpc) is 3.96. The number of hydrogen-bond donors (Lipinski definition) is 6. The van der Waals surface area contributed by atoms with Crippen molar-refractivity contribution >= 4 is 23.6 Å². The van der Waals surface area contributed by atoms with E-state index >= 15 is 0 Å². The van der Waals surface area contributed by atoms with Crippen molar-refractivity contribution in [2.24, 2.45) is 11.5 Å². The number of likely N-dealkylation sites (tertiary alicyclic amines) is 2. The molecule has 4 amide bonds. The summed E-state index contributed by atoms with van der Waals surface area (Å²) < 4.78 is 95.7. The predicted molar refractivity (Wildman–Crippen MR) is 212 cm³/mol. The number of aromatic nitrogens is 4. The summed E-state index contributed by atoms with van der Waals surface area (Å²) in [6, 6.07) is 8.38. The van der Waals surface area contributed by atoms with E-state index in [0.29, 0.717) is 13.1 Å². The van der Waals surface area contributed by atoms with E-state index < -0.39 is 106 Å². The number of nitrogens with two attached hydrogens (primary N) is 2. The molecule has 2 fully saturated rings. The minimum absolute atomic E-state index is 0.0329. The van der Waals surface area contributed by atoms with Crippen molar-refractivity contribution in [2.45, 2.75) is 61.4 Å². The third-order valence-corrected chi connectivity index (χ3v) is 11.1. The standard InChI is InChI=1S/2C21H19F3N4O5/c2*1-19(31)10-33-13-4-3-11(5-6-20(32)7-8-27(2)18(20)30)9-12(13)28-16(19)14(21(22,23)24)15(26-28)17(25)29/h2*3-4,9,31-32H,7-8,10H2,1-2H3,(H2,25,29)/t19-,20+;19-,20-/m10/s1. The molecule has 8 N–H and O–H groups in total. The number of benzene rings is 2. The fourth-order valence-corrected chi connectivity index (χ4v) is 7.69. The number of amides is 4. The summed E-state index contributed by atoms with van der Waals surface area (Å²) >= 11 is 0. The van der Waals surface area contributed by atoms with Crippen LogP contribution in [0.5, 0.6) is 11.5 Å². The van der Waals surface area contributed by atoms with E-state index in [0.717, 1.165) is 23.2 Å². The number of likely N-dealkylation sites (N-methyl/N-ethyl adjacent to an activating group) is 2. The highest BCUT2D eigenvalue weighted by atomic mass is 19.4. The van der Waals surface area contributed by atoms with E-state index in [4.69, 9.17) is 20.9 Å². The van der Waals surface area contributed by atoms with Gasteiger partial charge in [0.1, 0.15) is 58.4 Å². The van der Waals surface area contributed by atoms with Gasteiger partial charge in [-0.25, -0.2) is 9.36 Å². The Morgan fingerprint density at radius 1 is 0.667 bits per heavy atom. The lowest BCUT2D eigenvalue weighted by molar-refractivity contribution is -0.142. The number of ether oxygens (including phenoxy) is 2. The van der Waals surface area contributed by atoms with Gasteiger partial charge in [-0.05, 0) is 50.2 Å². The molecule has 0 spiro atoms. The number of carbonyl (C=O) groups is 4. The summed E-state index contributed by atoms with van der Waals surface area (Å²) in [4.78, 5) is 50.4. The average molecular weight is 929 g/mol. The number of carbonyl (C=O) groups excluding carboxylic acids is 4. The number of primary amides is 2. The quantitative estimate of drug-likeness (QED) is 0.122. The van der Waals surface area contributed by atoms with Gasteiger partial charge in [-0.15, -0.1) is 0 Å². The molecule has 2 aromatic carbocycles. The number of hydrogen-bond acceptors (Lipinski definition) is 12. The topological polar surface area (TPSA) is 262 Å². The van der Waals surface area contributed by atoms with E-state index in [2.05, 4.69) is 33.9 Å². The van der Waals surface area contributed by atoms with Gasteiger partial charge in [0.25, 0.3) is 23.6 Å². The minimum atomic E-state index is -5.04. The van der Waals surface area contributed by atoms with Gasteiger partial charge in [-0.2, -0.15) is 36.5 Å². The van der Waals surface area contributed by atoms with Crippen molar-refractivity contribution in [1.82, 2.24) is 29.4 Å². The molecule has 0 radical (unpaired) electrons. The van der Waals surface area contributed by atoms with Gasteiger partial charge >= 0.3 is 12.4 Å². The van der Waals surface area contributed by atoms with E-state index in [9.17, 15) is 65.9 Å². The van der Waals surface area contributed by atoms with E-state index in [-0.39, 0.29) is 46.8 Å². The molecular formula is C42H38F6N8O10. The SMILES string of the molecule is CN1CC[C@@](O)(C#Cc2ccc3c(c2)-n2nc(C(N)=O)c(C(F)(F)F)c2[C@@](C)(O)CO3)C1=O.CN1CC[C@@](O)(C#Cc2ccc3c(c2)-n2nc(C(N)=O)c(C(F)(F)F)c2[C@](C)(O)CO3)C1=O. The summed E-state index contributed by atoms with van der Waals surface area (Å²) in [5.41, 5.74) is -3.84. The van der Waals surface area contributed by atoms with Crippen LogP contribution in [0.2, 0.25) is 0 Å². The normalized spacial score (nSPS) is 24.3. The Morgan fingerprint density at radius 2 is 1.02 bits per heavy atom. The number of nitrogens with zero attached hydrogens (tertiary/aromatic N) is 6. The zero-order valence-electron chi connectivity index (χ0n) is 35.1. The summed E-state index contributed by atoms with van der Waals surface area (Å²) in [6.45, 7) is 1.74. The molecule has 0 aliphatic carbocycles. The molecule has 2 saturated heterocycles. The Bertz CT molecular complexity index is 2670. The van der Waals surface area contributed by atoms with Crippen molar-refractivity contribution in [3.05, 3.63) is 81.4 Å². The molecule has 0 bridgehead atoms. The molecule has 6 heterocycles. The first kappa shape index (κ1) is 46.9. The van der Waals surface area contributed by atoms with Crippen LogP contribution < -0.4 is 20.9 Å². The van der Waals surface area contributed by atoms with Crippen molar-refractivity contribution in [1.29, 1.82) is 0 Å². The molecule has 24 heteroatoms. The maximum Gasteiger partial charge on any atom is 0.420 e. The second kappa shape index (κ2) is 15.8. The van der Waals surface area contributed by atoms with Crippen molar-refractivity contribution in [2.75, 3.05) is 40.4 Å². The molecule has 4 atom stereocenters. The summed E-state index contributed by atoms with van der Waals surface area (Å²) in [6.07, 6.45) is -9.87. The van der Waals surface area contributed by atoms with Crippen molar-refractivity contribution < 1.29 is 75.4 Å². The van der Waals surface area contributed by atoms with Crippen LogP contribution in [0.15, 0.2) is 36.4 Å². The zero-order valence-corrected chi connectivity index (χ0v) is 35.1. The van der Waals surface area contributed by atoms with E-state index in [1.807, 2.05) is 0 Å². The van der Waals surface area contributed by atoms with Gasteiger partial charge < -0.3 is 51.2 Å². The van der Waals surface area contributed by atoms with Gasteiger partial charge in [-0.3, -0.25) is 19.2 Å². The second-order valence-corrected chi connectivity index (χ2v) is 16.4. The Morgan fingerprint density at radius 3 is 1.30 bits per heavy atom. The van der Waals surface area contributed by atoms with Crippen LogP contribution in [0.4, 0.5) is 26.3 Å². The molecule has 4 aliphatic heterocycles. The number of rotatable bonds is 2. The summed E-state index contributed by atoms with van der Waals surface area (Å²) in [7, 11) is 3.06. The molecule has 66 heavy (non-hydrogen) atoms. The number of fused-ring (bicyclic) bond motifs is 6. The number of aliphatic hydroxyl groups is 4. The van der Waals surface area contributed by atoms with Crippen molar-refractivity contribution in [3.63, 3.8) is 0 Å². The highest BCUT2D eigenvalue weighted by Gasteiger charge is 2.50. The lowest BCUT2D eigenvalue weighted by Crippen LogP contribution is -2.37. The lowest BCUT2D eigenvalue weighted by atomic mass is 9.97. The number of halogens is 6. The fraction of sp³-hybridized carbons (Fsp3) is 0.381. The summed E-state index contributed by atoms with van der Waals surface area (Å²) in [5, 5.41) is 50.0. The first-order chi connectivity index (χ1) is 30.5. The molecule has 348 valence electrons. The van der Waals surface area contributed by atoms with Crippen LogP contribution in [0.1, 0.15) is 81.3 Å². The largest absolute Gasteiger partial charge is 0.488 e. The minimum Gasteiger partial charge on any atom is -0.488 e. The molecular weight excluding hydrogens is 890 g/mol. The van der Waals surface area contributed by atoms with Gasteiger partial charge in [0.05, 0.1) is 11.4 Å². The molecule has 0 unspecified atom stereocenters. The van der Waals surface area contributed by atoms with Gasteiger partial charge in [-0.1, -0.05) is 23.7 Å². The van der Waals surface area contributed by atoms with Crippen LogP contribution in [-0.4, -0.2) is 125 Å². The Balaban J connectivity index is 0.000000196. The second-order valence-electron chi connectivity index (χ2n) is 16.4. The molecule has 2 aromatic heterocycles. The van der Waals surface area contributed by atoms with E-state index in [1.165, 1.54) is 60.3 Å². The Labute approximate surface area is 369 Å². The Hall–Kier alpha value is -7.12. The molecule has 18 nitrogen and oxygen atoms in total. The zero-order chi connectivity index (χ0) is 48.7. The molecule has 4 aliphatic rings. The lowest BCUT2D eigenvalue weighted by Gasteiger charge is -2.23. The van der Waals surface area contributed by atoms with Crippen LogP contribution in [-0.2, 0) is 33.1 Å². The maximum absolute atomic E-state index is 13.9. The predicted octanol–water partition coefficient (Wildman–Crippen LogP) is 1.07. The third-order valence-electron chi connectivity index (χ3n) is 11.1. The van der Waals surface area contributed by atoms with Gasteiger partial charge in [0, 0.05) is 51.2 Å². The fourth-order valence-electron chi connectivity index (χ4n) is 7.69. The van der Waals surface area contributed by atoms with Gasteiger partial charge in [0.2, 0.25) is 11.2 Å². The Kier molecular flexibility index (Phi) is 11.2. The monoisotopic (exact) mass is 928 g/mol. The maximum atomic E-state index is 13.9. The third kappa shape index (κ3) is 8.23. The van der Waals surface area contributed by atoms with Gasteiger partial charge in [0.15, 0.2) is 11.4 Å². The highest BCUT2D eigenvalue weighted by Crippen LogP contribution is 2.45. The van der Waals surface area contributed by atoms with E-state index in [1.54, 1.807) is 0 Å². The molecule has 0 saturated carbocycles. The van der Waals surface area contributed by atoms with Crippen LogP contribution in [0.25, 0.3) is 11.4 Å². The van der Waals surface area contributed by atoms with Crippen LogP contribution in [0, 0.1) is 23.7 Å². The molecule has 8 rings (SSSR count). The highest BCUT2D eigenvalue weighted by molar-refractivity contribution is 5.94. The number of alkyl halides is 6.